The van der Waals surface area contributed by atoms with Gasteiger partial charge in [0.15, 0.2) is 0 Å². The van der Waals surface area contributed by atoms with E-state index in [4.69, 9.17) is 4.74 Å². The van der Waals surface area contributed by atoms with Gasteiger partial charge in [0.1, 0.15) is 6.10 Å². The minimum absolute atomic E-state index is 0.292. The summed E-state index contributed by atoms with van der Waals surface area (Å²) in [5.41, 5.74) is 1.21. The predicted octanol–water partition coefficient (Wildman–Crippen LogP) is 5.13. The van der Waals surface area contributed by atoms with Crippen LogP contribution in [0.1, 0.15) is 28.4 Å². The zero-order chi connectivity index (χ0) is 25.8. The minimum Gasteiger partial charge on any atom is -0.367 e. The molecule has 0 unspecified atom stereocenters. The van der Waals surface area contributed by atoms with Gasteiger partial charge >= 0.3 is 6.18 Å². The molecular formula is C27H29F3N2O3S. The highest BCUT2D eigenvalue weighted by molar-refractivity contribution is 7.89. The highest BCUT2D eigenvalue weighted by Crippen LogP contribution is 2.33. The maximum absolute atomic E-state index is 13.3. The Balaban J connectivity index is 1.38. The van der Waals surface area contributed by atoms with Gasteiger partial charge in [-0.2, -0.15) is 17.5 Å². The molecule has 0 aromatic heterocycles. The standard InChI is InChI=1S/C27H29F3N2O3S/c1-21-8-5-6-13-25(21)36(33,34)32-16-14-31(15-17-32)18-19-35-26(22-9-3-2-4-10-22)23-11-7-12-24(20-23)27(28,29)30/h2-13,20,26H,14-19H2,1H3/t26-/m0/s1. The van der Waals surface area contributed by atoms with E-state index >= 15 is 0 Å². The van der Waals surface area contributed by atoms with Crippen LogP contribution in [0.15, 0.2) is 83.8 Å². The fourth-order valence-electron chi connectivity index (χ4n) is 4.37. The van der Waals surface area contributed by atoms with Gasteiger partial charge in [-0.3, -0.25) is 4.90 Å². The molecule has 0 aliphatic carbocycles. The number of piperazine rings is 1. The predicted molar refractivity (Wildman–Crippen MR) is 132 cm³/mol. The summed E-state index contributed by atoms with van der Waals surface area (Å²) in [4.78, 5) is 2.44. The molecule has 3 aromatic rings. The third-order valence-corrected chi connectivity index (χ3v) is 8.41. The first kappa shape index (κ1) is 26.3. The second-order valence-corrected chi connectivity index (χ2v) is 10.7. The number of hydrogen-bond donors (Lipinski definition) is 0. The van der Waals surface area contributed by atoms with E-state index in [0.29, 0.717) is 49.8 Å². The van der Waals surface area contributed by atoms with Gasteiger partial charge in [-0.15, -0.1) is 0 Å². The van der Waals surface area contributed by atoms with E-state index in [2.05, 4.69) is 4.90 Å². The fraction of sp³-hybridized carbons (Fsp3) is 0.333. The number of aryl methyl sites for hydroxylation is 1. The lowest BCUT2D eigenvalue weighted by Gasteiger charge is -2.34. The van der Waals surface area contributed by atoms with Gasteiger partial charge in [0.25, 0.3) is 0 Å². The second kappa shape index (κ2) is 11.1. The van der Waals surface area contributed by atoms with Crippen LogP contribution in [0, 0.1) is 6.92 Å². The van der Waals surface area contributed by atoms with Gasteiger partial charge < -0.3 is 4.74 Å². The van der Waals surface area contributed by atoms with Crippen molar-refractivity contribution in [1.82, 2.24) is 9.21 Å². The Labute approximate surface area is 210 Å². The van der Waals surface area contributed by atoms with Gasteiger partial charge in [0.05, 0.1) is 17.1 Å². The molecule has 5 nitrogen and oxygen atoms in total. The van der Waals surface area contributed by atoms with Crippen molar-refractivity contribution >= 4 is 10.0 Å². The fourth-order valence-corrected chi connectivity index (χ4v) is 6.02. The lowest BCUT2D eigenvalue weighted by atomic mass is 9.99. The molecule has 1 atom stereocenters. The van der Waals surface area contributed by atoms with Crippen LogP contribution in [0.2, 0.25) is 0 Å². The Morgan fingerprint density at radius 3 is 2.17 bits per heavy atom. The summed E-state index contributed by atoms with van der Waals surface area (Å²) >= 11 is 0. The van der Waals surface area contributed by atoms with Crippen molar-refractivity contribution in [1.29, 1.82) is 0 Å². The van der Waals surface area contributed by atoms with Crippen molar-refractivity contribution in [3.8, 4) is 0 Å². The number of ether oxygens (including phenoxy) is 1. The summed E-state index contributed by atoms with van der Waals surface area (Å²) in [6, 6.07) is 21.3. The topological polar surface area (TPSA) is 49.9 Å². The molecule has 36 heavy (non-hydrogen) atoms. The third kappa shape index (κ3) is 6.15. The summed E-state index contributed by atoms with van der Waals surface area (Å²) in [6.07, 6.45) is -5.08. The van der Waals surface area contributed by atoms with Gasteiger partial charge in [-0.25, -0.2) is 8.42 Å². The number of sulfonamides is 1. The first-order valence-corrected chi connectivity index (χ1v) is 13.2. The molecule has 192 valence electrons. The summed E-state index contributed by atoms with van der Waals surface area (Å²) in [7, 11) is -3.55. The second-order valence-electron chi connectivity index (χ2n) is 8.80. The van der Waals surface area contributed by atoms with Gasteiger partial charge in [-0.1, -0.05) is 60.7 Å². The lowest BCUT2D eigenvalue weighted by Crippen LogP contribution is -2.49. The van der Waals surface area contributed by atoms with Gasteiger partial charge in [-0.05, 0) is 41.8 Å². The van der Waals surface area contributed by atoms with Crippen molar-refractivity contribution in [3.63, 3.8) is 0 Å². The molecule has 9 heteroatoms. The average molecular weight is 519 g/mol. The number of alkyl halides is 3. The Bertz CT molecular complexity index is 1260. The molecular weight excluding hydrogens is 489 g/mol. The molecule has 0 spiro atoms. The van der Waals surface area contributed by atoms with Crippen molar-refractivity contribution < 1.29 is 26.3 Å². The lowest BCUT2D eigenvalue weighted by molar-refractivity contribution is -0.137. The van der Waals surface area contributed by atoms with E-state index in [1.807, 2.05) is 36.4 Å². The van der Waals surface area contributed by atoms with Crippen molar-refractivity contribution in [2.75, 3.05) is 39.3 Å². The number of benzene rings is 3. The van der Waals surface area contributed by atoms with Crippen LogP contribution in [0.4, 0.5) is 13.2 Å². The summed E-state index contributed by atoms with van der Waals surface area (Å²) in [5, 5.41) is 0. The summed E-state index contributed by atoms with van der Waals surface area (Å²) in [5.74, 6) is 0. The normalized spacial score (nSPS) is 16.7. The number of rotatable bonds is 8. The van der Waals surface area contributed by atoms with E-state index in [0.717, 1.165) is 23.3 Å². The van der Waals surface area contributed by atoms with E-state index in [1.165, 1.54) is 10.4 Å². The molecule has 1 aliphatic rings. The average Bonchev–Trinajstić information content (AvgIpc) is 2.87. The molecule has 0 amide bonds. The van der Waals surface area contributed by atoms with E-state index in [9.17, 15) is 21.6 Å². The first-order chi connectivity index (χ1) is 17.2. The van der Waals surface area contributed by atoms with Crippen LogP contribution in [-0.4, -0.2) is 57.0 Å². The zero-order valence-corrected chi connectivity index (χ0v) is 20.8. The molecule has 1 saturated heterocycles. The monoisotopic (exact) mass is 518 g/mol. The maximum atomic E-state index is 13.3. The molecule has 4 rings (SSSR count). The van der Waals surface area contributed by atoms with Crippen LogP contribution in [0.5, 0.6) is 0 Å². The van der Waals surface area contributed by atoms with Crippen LogP contribution < -0.4 is 0 Å². The minimum atomic E-state index is -4.43. The van der Waals surface area contributed by atoms with Crippen molar-refractivity contribution in [2.45, 2.75) is 24.1 Å². The van der Waals surface area contributed by atoms with Crippen LogP contribution in [-0.2, 0) is 20.9 Å². The number of hydrogen-bond acceptors (Lipinski definition) is 4. The molecule has 0 bridgehead atoms. The van der Waals surface area contributed by atoms with Crippen molar-refractivity contribution in [2.24, 2.45) is 0 Å². The molecule has 0 saturated carbocycles. The molecule has 1 aliphatic heterocycles. The number of halogens is 3. The van der Waals surface area contributed by atoms with E-state index in [1.54, 1.807) is 31.2 Å². The highest BCUT2D eigenvalue weighted by atomic mass is 32.2. The quantitative estimate of drug-likeness (QED) is 0.415. The molecule has 1 fully saturated rings. The SMILES string of the molecule is Cc1ccccc1S(=O)(=O)N1CCN(CCO[C@@H](c2ccccc2)c2cccc(C(F)(F)F)c2)CC1. The Morgan fingerprint density at radius 1 is 0.861 bits per heavy atom. The largest absolute Gasteiger partial charge is 0.416 e. The third-order valence-electron chi connectivity index (χ3n) is 6.35. The van der Waals surface area contributed by atoms with E-state index < -0.39 is 27.9 Å². The first-order valence-electron chi connectivity index (χ1n) is 11.8. The van der Waals surface area contributed by atoms with Gasteiger partial charge in [0, 0.05) is 32.7 Å². The molecule has 0 radical (unpaired) electrons. The highest BCUT2D eigenvalue weighted by Gasteiger charge is 2.32. The molecule has 1 heterocycles. The van der Waals surface area contributed by atoms with Gasteiger partial charge in [0.2, 0.25) is 10.0 Å². The summed E-state index contributed by atoms with van der Waals surface area (Å²) in [6.45, 7) is 4.45. The smallest absolute Gasteiger partial charge is 0.367 e. The van der Waals surface area contributed by atoms with Crippen LogP contribution in [0.25, 0.3) is 0 Å². The van der Waals surface area contributed by atoms with Crippen molar-refractivity contribution in [3.05, 3.63) is 101 Å². The Morgan fingerprint density at radius 2 is 1.50 bits per heavy atom. The van der Waals surface area contributed by atoms with Crippen LogP contribution in [0.3, 0.4) is 0 Å². The zero-order valence-electron chi connectivity index (χ0n) is 20.0. The van der Waals surface area contributed by atoms with E-state index in [-0.39, 0.29) is 0 Å². The Kier molecular flexibility index (Phi) is 8.14. The Hall–Kier alpha value is -2.72. The summed E-state index contributed by atoms with van der Waals surface area (Å²) < 4.78 is 73.5. The molecule has 3 aromatic carbocycles. The maximum Gasteiger partial charge on any atom is 0.416 e. The molecule has 0 N–H and O–H groups in total. The van der Waals surface area contributed by atoms with Crippen LogP contribution >= 0.6 is 0 Å². The number of nitrogens with zero attached hydrogens (tertiary/aromatic N) is 2.